The third-order valence-electron chi connectivity index (χ3n) is 5.57. The summed E-state index contributed by atoms with van der Waals surface area (Å²) in [4.78, 5) is 50.9. The first-order valence-electron chi connectivity index (χ1n) is 12.0. The predicted molar refractivity (Wildman–Crippen MR) is 160 cm³/mol. The van der Waals surface area contributed by atoms with Crippen LogP contribution in [0.25, 0.3) is 6.08 Å². The van der Waals surface area contributed by atoms with Crippen molar-refractivity contribution >= 4 is 81.1 Å². The van der Waals surface area contributed by atoms with Crippen LogP contribution in [0.1, 0.15) is 22.8 Å². The molecule has 3 amide bonds. The second kappa shape index (κ2) is 12.9. The number of carbonyl (C=O) groups is 4. The third-order valence-corrected chi connectivity index (χ3v) is 6.66. The Labute approximate surface area is 252 Å². The van der Waals surface area contributed by atoms with Crippen LogP contribution in [0.2, 0.25) is 0 Å². The van der Waals surface area contributed by atoms with E-state index in [4.69, 9.17) is 21.7 Å². The smallest absolute Gasteiger partial charge is 0.335 e. The second-order valence-electron chi connectivity index (χ2n) is 8.42. The number of carboxylic acid groups (broad SMARTS) is 1. The van der Waals surface area contributed by atoms with Crippen molar-refractivity contribution in [3.63, 3.8) is 0 Å². The van der Waals surface area contributed by atoms with Gasteiger partial charge in [0.05, 0.1) is 21.4 Å². The van der Waals surface area contributed by atoms with Crippen molar-refractivity contribution in [3.05, 3.63) is 86.8 Å². The van der Waals surface area contributed by atoms with Gasteiger partial charge in [-0.1, -0.05) is 6.07 Å². The van der Waals surface area contributed by atoms with Crippen molar-refractivity contribution in [2.24, 2.45) is 0 Å². The molecule has 0 bridgehead atoms. The van der Waals surface area contributed by atoms with Crippen LogP contribution in [-0.4, -0.2) is 47.1 Å². The Morgan fingerprint density at radius 3 is 2.54 bits per heavy atom. The lowest BCUT2D eigenvalue weighted by Crippen LogP contribution is -2.54. The van der Waals surface area contributed by atoms with Crippen molar-refractivity contribution in [3.8, 4) is 11.5 Å². The van der Waals surface area contributed by atoms with Crippen LogP contribution in [-0.2, 0) is 14.4 Å². The molecule has 13 heteroatoms. The molecular formula is C28H21FIN3O7S. The maximum atomic E-state index is 13.4. The standard InChI is InChI=1S/C28H21FIN3O7S/c1-2-39-22-12-15(11-21(30)24(22)40-14-23(34)31-18-8-6-17(29)7-9-18)10-20-25(35)32-28(41)33(26(20)36)19-5-3-4-16(13-19)27(37)38/h3-13H,2,14H2,1H3,(H,31,34)(H,37,38)(H,32,35,41). The molecule has 0 radical (unpaired) electrons. The molecule has 0 aliphatic carbocycles. The van der Waals surface area contributed by atoms with Crippen LogP contribution in [0.5, 0.6) is 11.5 Å². The summed E-state index contributed by atoms with van der Waals surface area (Å²) in [6.07, 6.45) is 1.35. The highest BCUT2D eigenvalue weighted by molar-refractivity contribution is 14.1. The number of ether oxygens (including phenoxy) is 2. The molecule has 3 aromatic rings. The number of carbonyl (C=O) groups excluding carboxylic acids is 3. The summed E-state index contributed by atoms with van der Waals surface area (Å²) in [5, 5.41) is 14.2. The number of carboxylic acids is 1. The van der Waals surface area contributed by atoms with Crippen LogP contribution in [0.4, 0.5) is 15.8 Å². The number of thiocarbonyl (C=S) groups is 1. The van der Waals surface area contributed by atoms with Crippen molar-refractivity contribution in [2.45, 2.75) is 6.92 Å². The SMILES string of the molecule is CCOc1cc(C=C2C(=O)NC(=S)N(c3cccc(C(=O)O)c3)C2=O)cc(I)c1OCC(=O)Nc1ccc(F)cc1. The third kappa shape index (κ3) is 7.05. The number of anilines is 2. The van der Waals surface area contributed by atoms with Gasteiger partial charge in [0.1, 0.15) is 11.4 Å². The van der Waals surface area contributed by atoms with Gasteiger partial charge < -0.3 is 19.9 Å². The van der Waals surface area contributed by atoms with E-state index < -0.39 is 29.5 Å². The van der Waals surface area contributed by atoms with Gasteiger partial charge >= 0.3 is 5.97 Å². The molecule has 3 aromatic carbocycles. The van der Waals surface area contributed by atoms with E-state index in [0.29, 0.717) is 14.8 Å². The lowest BCUT2D eigenvalue weighted by Gasteiger charge is -2.29. The Morgan fingerprint density at radius 1 is 1.12 bits per heavy atom. The number of hydrogen-bond acceptors (Lipinski definition) is 7. The average Bonchev–Trinajstić information content (AvgIpc) is 2.92. The van der Waals surface area contributed by atoms with Crippen LogP contribution in [0, 0.1) is 9.39 Å². The number of aromatic carboxylic acids is 1. The molecule has 41 heavy (non-hydrogen) atoms. The van der Waals surface area contributed by atoms with Crippen LogP contribution < -0.4 is 25.0 Å². The van der Waals surface area contributed by atoms with E-state index >= 15 is 0 Å². The fourth-order valence-electron chi connectivity index (χ4n) is 3.78. The molecule has 1 aliphatic rings. The lowest BCUT2D eigenvalue weighted by molar-refractivity contribution is -0.122. The normalized spacial score (nSPS) is 14.1. The Morgan fingerprint density at radius 2 is 1.85 bits per heavy atom. The highest BCUT2D eigenvalue weighted by Crippen LogP contribution is 2.35. The molecule has 0 aromatic heterocycles. The molecule has 210 valence electrons. The molecule has 4 rings (SSSR count). The molecule has 1 fully saturated rings. The number of rotatable bonds is 9. The summed E-state index contributed by atoms with van der Waals surface area (Å²) < 4.78 is 25.1. The van der Waals surface area contributed by atoms with E-state index in [-0.39, 0.29) is 46.6 Å². The van der Waals surface area contributed by atoms with E-state index in [1.165, 1.54) is 54.6 Å². The predicted octanol–water partition coefficient (Wildman–Crippen LogP) is 4.38. The van der Waals surface area contributed by atoms with Crippen molar-refractivity contribution < 1.29 is 38.1 Å². The summed E-state index contributed by atoms with van der Waals surface area (Å²) >= 11 is 7.17. The highest BCUT2D eigenvalue weighted by Gasteiger charge is 2.35. The van der Waals surface area contributed by atoms with Gasteiger partial charge in [0.15, 0.2) is 23.2 Å². The number of nitrogens with zero attached hydrogens (tertiary/aromatic N) is 1. The summed E-state index contributed by atoms with van der Waals surface area (Å²) in [6, 6.07) is 14.1. The molecular weight excluding hydrogens is 668 g/mol. The minimum absolute atomic E-state index is 0.0571. The van der Waals surface area contributed by atoms with Gasteiger partial charge in [-0.05, 0) is 108 Å². The fourth-order valence-corrected chi connectivity index (χ4v) is 4.84. The molecule has 0 unspecified atom stereocenters. The molecule has 10 nitrogen and oxygen atoms in total. The lowest BCUT2D eigenvalue weighted by atomic mass is 10.1. The van der Waals surface area contributed by atoms with Gasteiger partial charge in [0.25, 0.3) is 17.7 Å². The van der Waals surface area contributed by atoms with Gasteiger partial charge in [-0.2, -0.15) is 0 Å². The Hall–Kier alpha value is -4.37. The van der Waals surface area contributed by atoms with E-state index in [2.05, 4.69) is 10.6 Å². The number of benzene rings is 3. The zero-order valence-corrected chi connectivity index (χ0v) is 24.2. The summed E-state index contributed by atoms with van der Waals surface area (Å²) in [7, 11) is 0. The number of hydrogen-bond donors (Lipinski definition) is 3. The fraction of sp³-hybridized carbons (Fsp3) is 0.107. The Kier molecular flexibility index (Phi) is 9.29. The van der Waals surface area contributed by atoms with Crippen molar-refractivity contribution in [1.29, 1.82) is 0 Å². The molecule has 3 N–H and O–H groups in total. The Balaban J connectivity index is 1.59. The van der Waals surface area contributed by atoms with E-state index in [1.807, 2.05) is 22.6 Å². The zero-order chi connectivity index (χ0) is 29.7. The molecule has 0 saturated carbocycles. The number of nitrogens with one attached hydrogen (secondary N) is 2. The Bertz CT molecular complexity index is 1590. The van der Waals surface area contributed by atoms with Crippen LogP contribution in [0.15, 0.2) is 66.2 Å². The quantitative estimate of drug-likeness (QED) is 0.131. The largest absolute Gasteiger partial charge is 0.490 e. The first-order chi connectivity index (χ1) is 19.6. The highest BCUT2D eigenvalue weighted by atomic mass is 127. The van der Waals surface area contributed by atoms with E-state index in [1.54, 1.807) is 19.1 Å². The zero-order valence-electron chi connectivity index (χ0n) is 21.3. The van der Waals surface area contributed by atoms with E-state index in [9.17, 15) is 28.7 Å². The van der Waals surface area contributed by atoms with E-state index in [0.717, 1.165) is 4.90 Å². The maximum absolute atomic E-state index is 13.4. The summed E-state index contributed by atoms with van der Waals surface area (Å²) in [5.41, 5.74) is 0.702. The van der Waals surface area contributed by atoms with Gasteiger partial charge in [0.2, 0.25) is 0 Å². The summed E-state index contributed by atoms with van der Waals surface area (Å²) in [6.45, 7) is 1.65. The minimum Gasteiger partial charge on any atom is -0.490 e. The minimum atomic E-state index is -1.18. The van der Waals surface area contributed by atoms with Crippen LogP contribution >= 0.6 is 34.8 Å². The molecule has 1 aliphatic heterocycles. The van der Waals surface area contributed by atoms with Crippen LogP contribution in [0.3, 0.4) is 0 Å². The molecule has 0 spiro atoms. The van der Waals surface area contributed by atoms with Crippen molar-refractivity contribution in [1.82, 2.24) is 5.32 Å². The number of amides is 3. The van der Waals surface area contributed by atoms with Gasteiger partial charge in [-0.25, -0.2) is 9.18 Å². The van der Waals surface area contributed by atoms with Crippen molar-refractivity contribution in [2.75, 3.05) is 23.4 Å². The molecule has 1 saturated heterocycles. The first-order valence-corrected chi connectivity index (χ1v) is 13.5. The van der Waals surface area contributed by atoms with Gasteiger partial charge in [-0.15, -0.1) is 0 Å². The maximum Gasteiger partial charge on any atom is 0.335 e. The average molecular weight is 689 g/mol. The topological polar surface area (TPSA) is 134 Å². The molecule has 0 atom stereocenters. The first kappa shape index (κ1) is 29.6. The monoisotopic (exact) mass is 689 g/mol. The number of halogens is 2. The van der Waals surface area contributed by atoms with Gasteiger partial charge in [0, 0.05) is 5.69 Å². The second-order valence-corrected chi connectivity index (χ2v) is 9.97. The molecule has 1 heterocycles. The van der Waals surface area contributed by atoms with Gasteiger partial charge in [-0.3, -0.25) is 24.6 Å². The summed E-state index contributed by atoms with van der Waals surface area (Å²) in [5.74, 6) is -3.02.